The lowest BCUT2D eigenvalue weighted by atomic mass is 10.1. The maximum Gasteiger partial charge on any atom is 0.261 e. The predicted octanol–water partition coefficient (Wildman–Crippen LogP) is 3.94. The maximum atomic E-state index is 12.8. The van der Waals surface area contributed by atoms with Crippen molar-refractivity contribution in [2.45, 2.75) is 18.9 Å². The third-order valence-corrected chi connectivity index (χ3v) is 6.38. The molecule has 28 heavy (non-hydrogen) atoms. The first-order chi connectivity index (χ1) is 13.5. The molecule has 8 heteroatoms. The summed E-state index contributed by atoms with van der Waals surface area (Å²) in [5, 5.41) is 4.70. The van der Waals surface area contributed by atoms with Crippen LogP contribution in [-0.4, -0.2) is 54.0 Å². The molecule has 0 saturated carbocycles. The molecule has 6 nitrogen and oxygen atoms in total. The smallest absolute Gasteiger partial charge is 0.261 e. The number of fused-ring (bicyclic) bond motifs is 1. The number of rotatable bonds is 4. The van der Waals surface area contributed by atoms with Crippen LogP contribution in [0.1, 0.15) is 22.5 Å². The number of benzene rings is 1. The van der Waals surface area contributed by atoms with Crippen LogP contribution >= 0.6 is 22.9 Å². The van der Waals surface area contributed by atoms with Gasteiger partial charge in [0.25, 0.3) is 5.91 Å². The highest BCUT2D eigenvalue weighted by molar-refractivity contribution is 7.20. The number of likely N-dealkylation sites (tertiary alicyclic amines) is 1. The van der Waals surface area contributed by atoms with Gasteiger partial charge in [-0.3, -0.25) is 4.79 Å². The number of aromatic nitrogens is 2. The fraction of sp³-hybridized carbons (Fsp3) is 0.350. The molecule has 4 rings (SSSR count). The van der Waals surface area contributed by atoms with Gasteiger partial charge in [0.15, 0.2) is 0 Å². The number of carbonyl (C=O) groups excluding carboxylic acids is 1. The summed E-state index contributed by atoms with van der Waals surface area (Å²) in [5.74, 6) is 0.718. The summed E-state index contributed by atoms with van der Waals surface area (Å²) in [6.45, 7) is 2.02. The number of carbonyl (C=O) groups is 1. The van der Waals surface area contributed by atoms with Crippen molar-refractivity contribution >= 4 is 50.6 Å². The standard InChI is InChI=1S/C20H22ClN5OS/c1-25-8-6-14(7-9-25)24-19(27)17-11-16-18(22-12-23-20(16)28-17)26(2)15-5-3-4-13(21)10-15/h3-5,10-12,14H,6-9H2,1-2H3,(H,24,27). The molecule has 1 N–H and O–H groups in total. The summed E-state index contributed by atoms with van der Waals surface area (Å²) in [6.07, 6.45) is 3.50. The molecule has 0 aliphatic carbocycles. The SMILES string of the molecule is CN1CCC(NC(=O)c2cc3c(N(C)c4cccc(Cl)c4)ncnc3s2)CC1. The number of nitrogens with one attached hydrogen (secondary N) is 1. The van der Waals surface area contributed by atoms with Gasteiger partial charge in [-0.1, -0.05) is 17.7 Å². The molecule has 1 fully saturated rings. The molecule has 1 aromatic carbocycles. The van der Waals surface area contributed by atoms with Crippen molar-refractivity contribution in [3.05, 3.63) is 46.6 Å². The molecule has 1 aliphatic rings. The maximum absolute atomic E-state index is 12.8. The number of amides is 1. The van der Waals surface area contributed by atoms with Crippen LogP contribution in [0.3, 0.4) is 0 Å². The van der Waals surface area contributed by atoms with E-state index in [-0.39, 0.29) is 11.9 Å². The fourth-order valence-electron chi connectivity index (χ4n) is 3.44. The Morgan fingerprint density at radius 3 is 2.82 bits per heavy atom. The second-order valence-corrected chi connectivity index (χ2v) is 8.58. The van der Waals surface area contributed by atoms with E-state index in [2.05, 4.69) is 27.2 Å². The summed E-state index contributed by atoms with van der Waals surface area (Å²) in [7, 11) is 4.05. The normalized spacial score (nSPS) is 15.7. The number of thiophene rings is 1. The number of halogens is 1. The zero-order valence-electron chi connectivity index (χ0n) is 15.9. The molecule has 0 unspecified atom stereocenters. The Bertz CT molecular complexity index is 999. The lowest BCUT2D eigenvalue weighted by Gasteiger charge is -2.29. The average molecular weight is 416 g/mol. The molecule has 0 bridgehead atoms. The van der Waals surface area contributed by atoms with Crippen LogP contribution in [0.2, 0.25) is 5.02 Å². The van der Waals surface area contributed by atoms with Crippen molar-refractivity contribution in [3.8, 4) is 0 Å². The van der Waals surface area contributed by atoms with Crippen LogP contribution in [-0.2, 0) is 0 Å². The van der Waals surface area contributed by atoms with Crippen molar-refractivity contribution in [1.29, 1.82) is 0 Å². The van der Waals surface area contributed by atoms with Crippen molar-refractivity contribution in [2.75, 3.05) is 32.1 Å². The fourth-order valence-corrected chi connectivity index (χ4v) is 4.52. The molecule has 0 spiro atoms. The van der Waals surface area contributed by atoms with Gasteiger partial charge >= 0.3 is 0 Å². The molecule has 1 aliphatic heterocycles. The van der Waals surface area contributed by atoms with Crippen LogP contribution < -0.4 is 10.2 Å². The van der Waals surface area contributed by atoms with Gasteiger partial charge in [-0.25, -0.2) is 9.97 Å². The molecule has 3 heterocycles. The van der Waals surface area contributed by atoms with E-state index in [1.165, 1.54) is 17.7 Å². The molecule has 3 aromatic rings. The Morgan fingerprint density at radius 2 is 2.07 bits per heavy atom. The highest BCUT2D eigenvalue weighted by atomic mass is 35.5. The average Bonchev–Trinajstić information content (AvgIpc) is 3.14. The molecular formula is C20H22ClN5OS. The quantitative estimate of drug-likeness (QED) is 0.699. The van der Waals surface area contributed by atoms with Gasteiger partial charge in [0.2, 0.25) is 0 Å². The van der Waals surface area contributed by atoms with Crippen LogP contribution in [0.25, 0.3) is 10.2 Å². The molecule has 0 atom stereocenters. The monoisotopic (exact) mass is 415 g/mol. The third-order valence-electron chi connectivity index (χ3n) is 5.10. The van der Waals surface area contributed by atoms with Crippen LogP contribution in [0.4, 0.5) is 11.5 Å². The topological polar surface area (TPSA) is 61.4 Å². The van der Waals surface area contributed by atoms with E-state index in [4.69, 9.17) is 11.6 Å². The summed E-state index contributed by atoms with van der Waals surface area (Å²) < 4.78 is 0. The highest BCUT2D eigenvalue weighted by Gasteiger charge is 2.21. The Balaban J connectivity index is 1.59. The Kier molecular flexibility index (Phi) is 5.48. The molecule has 0 radical (unpaired) electrons. The Hall–Kier alpha value is -2.22. The first-order valence-corrected chi connectivity index (χ1v) is 10.4. The van der Waals surface area contributed by atoms with Gasteiger partial charge in [0.05, 0.1) is 10.3 Å². The number of anilines is 2. The number of piperidine rings is 1. The van der Waals surface area contributed by atoms with Gasteiger partial charge in [-0.15, -0.1) is 11.3 Å². The van der Waals surface area contributed by atoms with Gasteiger partial charge in [-0.05, 0) is 57.2 Å². The van der Waals surface area contributed by atoms with Crippen molar-refractivity contribution in [1.82, 2.24) is 20.2 Å². The molecule has 2 aromatic heterocycles. The second kappa shape index (κ2) is 8.03. The van der Waals surface area contributed by atoms with Gasteiger partial charge in [0.1, 0.15) is 17.0 Å². The first kappa shape index (κ1) is 19.1. The van der Waals surface area contributed by atoms with Crippen LogP contribution in [0, 0.1) is 0 Å². The van der Waals surface area contributed by atoms with Crippen molar-refractivity contribution in [3.63, 3.8) is 0 Å². The summed E-state index contributed by atoms with van der Waals surface area (Å²) in [6, 6.07) is 9.72. The molecule has 1 saturated heterocycles. The van der Waals surface area contributed by atoms with Crippen molar-refractivity contribution in [2.24, 2.45) is 0 Å². The van der Waals surface area contributed by atoms with E-state index in [1.54, 1.807) is 0 Å². The van der Waals surface area contributed by atoms with E-state index in [9.17, 15) is 4.79 Å². The lowest BCUT2D eigenvalue weighted by molar-refractivity contribution is 0.0921. The van der Waals surface area contributed by atoms with Gasteiger partial charge < -0.3 is 15.1 Å². The van der Waals surface area contributed by atoms with E-state index < -0.39 is 0 Å². The molecular weight excluding hydrogens is 394 g/mol. The predicted molar refractivity (Wildman–Crippen MR) is 115 cm³/mol. The minimum absolute atomic E-state index is 0.0334. The third kappa shape index (κ3) is 3.97. The summed E-state index contributed by atoms with van der Waals surface area (Å²) >= 11 is 7.53. The lowest BCUT2D eigenvalue weighted by Crippen LogP contribution is -2.43. The van der Waals surface area contributed by atoms with E-state index in [0.29, 0.717) is 9.90 Å². The Labute approximate surface area is 173 Å². The Morgan fingerprint density at radius 1 is 1.29 bits per heavy atom. The van der Waals surface area contributed by atoms with Crippen molar-refractivity contribution < 1.29 is 4.79 Å². The zero-order chi connectivity index (χ0) is 19.7. The van der Waals surface area contributed by atoms with Crippen LogP contribution in [0.5, 0.6) is 0 Å². The second-order valence-electron chi connectivity index (χ2n) is 7.12. The number of hydrogen-bond donors (Lipinski definition) is 1. The minimum Gasteiger partial charge on any atom is -0.349 e. The largest absolute Gasteiger partial charge is 0.349 e. The van der Waals surface area contributed by atoms with E-state index in [0.717, 1.165) is 47.7 Å². The minimum atomic E-state index is -0.0334. The molecule has 146 valence electrons. The van der Waals surface area contributed by atoms with Gasteiger partial charge in [-0.2, -0.15) is 0 Å². The van der Waals surface area contributed by atoms with Crippen LogP contribution in [0.15, 0.2) is 36.7 Å². The summed E-state index contributed by atoms with van der Waals surface area (Å²) in [4.78, 5) is 27.3. The first-order valence-electron chi connectivity index (χ1n) is 9.24. The van der Waals surface area contributed by atoms with E-state index in [1.807, 2.05) is 42.3 Å². The highest BCUT2D eigenvalue weighted by Crippen LogP contribution is 2.33. The van der Waals surface area contributed by atoms with E-state index >= 15 is 0 Å². The summed E-state index contributed by atoms with van der Waals surface area (Å²) in [5.41, 5.74) is 0.927. The van der Waals surface area contributed by atoms with Gasteiger partial charge in [0, 0.05) is 23.8 Å². The number of hydrogen-bond acceptors (Lipinski definition) is 6. The number of nitrogens with zero attached hydrogens (tertiary/aromatic N) is 4. The zero-order valence-corrected chi connectivity index (χ0v) is 17.4. The molecule has 1 amide bonds.